The average molecular weight is 491 g/mol. The molecule has 3 aromatic rings. The Bertz CT molecular complexity index is 1250. The number of primary amides is 1. The maximum atomic E-state index is 13.5. The second-order valence-corrected chi connectivity index (χ2v) is 10.7. The number of aromatic carboxylic acids is 1. The van der Waals surface area contributed by atoms with Gasteiger partial charge in [-0.05, 0) is 58.7 Å². The van der Waals surface area contributed by atoms with Gasteiger partial charge in [-0.3, -0.25) is 4.79 Å². The van der Waals surface area contributed by atoms with Crippen molar-refractivity contribution in [1.29, 1.82) is 0 Å². The van der Waals surface area contributed by atoms with Crippen LogP contribution < -0.4 is 10.6 Å². The van der Waals surface area contributed by atoms with Crippen LogP contribution in [-0.4, -0.2) is 23.5 Å². The van der Waals surface area contributed by atoms with Crippen molar-refractivity contribution in [2.75, 3.05) is 11.4 Å². The zero-order chi connectivity index (χ0) is 25.4. The first-order valence-corrected chi connectivity index (χ1v) is 12.2. The number of hydrogen-bond donors (Lipinski definition) is 2. The number of anilines is 1. The molecule has 4 rings (SSSR count). The number of nitrogens with two attached hydrogens (primary N) is 1. The van der Waals surface area contributed by atoms with Crippen LogP contribution >= 0.6 is 11.6 Å². The molecule has 6 heteroatoms. The van der Waals surface area contributed by atoms with E-state index in [2.05, 4.69) is 32.9 Å². The van der Waals surface area contributed by atoms with Gasteiger partial charge in [-0.2, -0.15) is 0 Å². The third kappa shape index (κ3) is 4.65. The lowest BCUT2D eigenvalue weighted by Crippen LogP contribution is -2.58. The summed E-state index contributed by atoms with van der Waals surface area (Å²) in [6.07, 6.45) is 1.81. The minimum atomic E-state index is -1.30. The lowest BCUT2D eigenvalue weighted by Gasteiger charge is -2.47. The standard InChI is InChI=1S/C29H31ClN2O3/c1-28(2,3)21-11-9-19(10-12-21)18-29(27(31)35,22-13-15-23(30)16-14-22)32-17-5-7-20-6-4-8-24(25(20)32)26(33)34/h4,6,8-16H,5,7,17-18H2,1-3H3,(H2,31,35)(H,33,34). The van der Waals surface area contributed by atoms with E-state index in [1.54, 1.807) is 24.3 Å². The van der Waals surface area contributed by atoms with Gasteiger partial charge in [0.1, 0.15) is 5.54 Å². The first-order chi connectivity index (χ1) is 16.5. The van der Waals surface area contributed by atoms with Crippen molar-refractivity contribution in [3.8, 4) is 0 Å². The molecule has 1 aliphatic rings. The molecule has 3 aromatic carbocycles. The van der Waals surface area contributed by atoms with Gasteiger partial charge in [0.2, 0.25) is 5.91 Å². The molecule has 0 aromatic heterocycles. The van der Waals surface area contributed by atoms with Crippen molar-refractivity contribution in [1.82, 2.24) is 0 Å². The minimum absolute atomic E-state index is 0.00230. The summed E-state index contributed by atoms with van der Waals surface area (Å²) in [5.74, 6) is -1.56. The number of halogens is 1. The number of carbonyl (C=O) groups excluding carboxylic acids is 1. The quantitative estimate of drug-likeness (QED) is 0.463. The Kier molecular flexibility index (Phi) is 6.65. The van der Waals surface area contributed by atoms with Gasteiger partial charge in [-0.1, -0.05) is 80.9 Å². The molecule has 35 heavy (non-hydrogen) atoms. The van der Waals surface area contributed by atoms with Crippen LogP contribution in [0.25, 0.3) is 0 Å². The number of carboxylic acid groups (broad SMARTS) is 1. The molecule has 0 spiro atoms. The number of benzene rings is 3. The number of carbonyl (C=O) groups is 2. The lowest BCUT2D eigenvalue weighted by molar-refractivity contribution is -0.123. The van der Waals surface area contributed by atoms with Crippen LogP contribution in [0.15, 0.2) is 66.7 Å². The molecule has 1 atom stereocenters. The van der Waals surface area contributed by atoms with Crippen LogP contribution in [-0.2, 0) is 28.6 Å². The second-order valence-electron chi connectivity index (χ2n) is 10.2. The van der Waals surface area contributed by atoms with Gasteiger partial charge in [0.25, 0.3) is 0 Å². The molecule has 1 unspecified atom stereocenters. The van der Waals surface area contributed by atoms with E-state index in [9.17, 15) is 14.7 Å². The van der Waals surface area contributed by atoms with E-state index < -0.39 is 17.4 Å². The van der Waals surface area contributed by atoms with E-state index >= 15 is 0 Å². The Hall–Kier alpha value is -3.31. The Morgan fingerprint density at radius 2 is 1.60 bits per heavy atom. The van der Waals surface area contributed by atoms with E-state index in [4.69, 9.17) is 17.3 Å². The first kappa shape index (κ1) is 24.8. The monoisotopic (exact) mass is 490 g/mol. The molecule has 1 aliphatic heterocycles. The maximum Gasteiger partial charge on any atom is 0.337 e. The predicted molar refractivity (Wildman–Crippen MR) is 140 cm³/mol. The summed E-state index contributed by atoms with van der Waals surface area (Å²) in [5.41, 5.74) is 9.39. The zero-order valence-electron chi connectivity index (χ0n) is 20.3. The average Bonchev–Trinajstić information content (AvgIpc) is 2.82. The number of para-hydroxylation sites is 1. The molecule has 1 amide bonds. The topological polar surface area (TPSA) is 83.6 Å². The van der Waals surface area contributed by atoms with Crippen molar-refractivity contribution in [2.45, 2.75) is 51.0 Å². The molecule has 182 valence electrons. The highest BCUT2D eigenvalue weighted by Gasteiger charge is 2.47. The lowest BCUT2D eigenvalue weighted by atomic mass is 9.78. The fraction of sp³-hybridized carbons (Fsp3) is 0.310. The Labute approximate surface area is 211 Å². The van der Waals surface area contributed by atoms with Crippen molar-refractivity contribution in [3.63, 3.8) is 0 Å². The molecular formula is C29H31ClN2O3. The van der Waals surface area contributed by atoms with E-state index in [0.29, 0.717) is 29.2 Å². The van der Waals surface area contributed by atoms with E-state index in [1.807, 2.05) is 35.2 Å². The van der Waals surface area contributed by atoms with Crippen LogP contribution in [0.3, 0.4) is 0 Å². The molecule has 0 saturated heterocycles. The summed E-state index contributed by atoms with van der Waals surface area (Å²) in [4.78, 5) is 27.7. The largest absolute Gasteiger partial charge is 0.478 e. The molecule has 1 heterocycles. The number of carboxylic acids is 1. The minimum Gasteiger partial charge on any atom is -0.478 e. The fourth-order valence-electron chi connectivity index (χ4n) is 5.06. The smallest absolute Gasteiger partial charge is 0.337 e. The van der Waals surface area contributed by atoms with Gasteiger partial charge in [0, 0.05) is 18.0 Å². The van der Waals surface area contributed by atoms with Crippen molar-refractivity contribution < 1.29 is 14.7 Å². The molecule has 0 saturated carbocycles. The van der Waals surface area contributed by atoms with Gasteiger partial charge in [-0.25, -0.2) is 4.79 Å². The number of aryl methyl sites for hydroxylation is 1. The van der Waals surface area contributed by atoms with Crippen molar-refractivity contribution in [3.05, 3.63) is 99.6 Å². The summed E-state index contributed by atoms with van der Waals surface area (Å²) in [6, 6.07) is 20.6. The highest BCUT2D eigenvalue weighted by atomic mass is 35.5. The van der Waals surface area contributed by atoms with Gasteiger partial charge in [0.15, 0.2) is 0 Å². The SMILES string of the molecule is CC(C)(C)c1ccc(CC(C(N)=O)(c2ccc(Cl)cc2)N2CCCc3cccc(C(=O)O)c32)cc1. The molecular weight excluding hydrogens is 460 g/mol. The van der Waals surface area contributed by atoms with Gasteiger partial charge >= 0.3 is 5.97 Å². The summed E-state index contributed by atoms with van der Waals surface area (Å²) in [7, 11) is 0. The molecule has 0 aliphatic carbocycles. The maximum absolute atomic E-state index is 13.5. The Morgan fingerprint density at radius 1 is 0.971 bits per heavy atom. The number of hydrogen-bond acceptors (Lipinski definition) is 3. The summed E-state index contributed by atoms with van der Waals surface area (Å²) < 4.78 is 0. The van der Waals surface area contributed by atoms with Gasteiger partial charge in [-0.15, -0.1) is 0 Å². The predicted octanol–water partition coefficient (Wildman–Crippen LogP) is 5.71. The third-order valence-electron chi connectivity index (χ3n) is 6.92. The van der Waals surface area contributed by atoms with E-state index in [0.717, 1.165) is 24.0 Å². The Balaban J connectivity index is 1.94. The molecule has 0 bridgehead atoms. The fourth-order valence-corrected chi connectivity index (χ4v) is 5.19. The number of rotatable bonds is 6. The number of nitrogens with zero attached hydrogens (tertiary/aromatic N) is 1. The van der Waals surface area contributed by atoms with Gasteiger partial charge in [0.05, 0.1) is 11.3 Å². The number of fused-ring (bicyclic) bond motifs is 1. The van der Waals surface area contributed by atoms with Crippen LogP contribution in [0.2, 0.25) is 5.02 Å². The Morgan fingerprint density at radius 3 is 2.17 bits per heavy atom. The molecule has 5 nitrogen and oxygen atoms in total. The van der Waals surface area contributed by atoms with Crippen LogP contribution in [0.4, 0.5) is 5.69 Å². The molecule has 0 radical (unpaired) electrons. The van der Waals surface area contributed by atoms with Crippen LogP contribution in [0.5, 0.6) is 0 Å². The summed E-state index contributed by atoms with van der Waals surface area (Å²) in [5, 5.41) is 10.6. The van der Waals surface area contributed by atoms with Crippen molar-refractivity contribution >= 4 is 29.2 Å². The normalized spacial score (nSPS) is 15.3. The highest BCUT2D eigenvalue weighted by Crippen LogP contribution is 2.43. The van der Waals surface area contributed by atoms with E-state index in [-0.39, 0.29) is 11.0 Å². The highest BCUT2D eigenvalue weighted by molar-refractivity contribution is 6.30. The second kappa shape index (κ2) is 9.38. The van der Waals surface area contributed by atoms with E-state index in [1.165, 1.54) is 5.56 Å². The zero-order valence-corrected chi connectivity index (χ0v) is 21.1. The molecule has 0 fully saturated rings. The first-order valence-electron chi connectivity index (χ1n) is 11.8. The third-order valence-corrected chi connectivity index (χ3v) is 7.17. The molecule has 3 N–H and O–H groups in total. The van der Waals surface area contributed by atoms with Crippen molar-refractivity contribution in [2.24, 2.45) is 5.73 Å². The summed E-state index contributed by atoms with van der Waals surface area (Å²) >= 11 is 6.19. The summed E-state index contributed by atoms with van der Waals surface area (Å²) in [6.45, 7) is 6.97. The van der Waals surface area contributed by atoms with Gasteiger partial charge < -0.3 is 15.7 Å². The van der Waals surface area contributed by atoms with Crippen LogP contribution in [0.1, 0.15) is 59.8 Å². The number of amides is 1. The van der Waals surface area contributed by atoms with Crippen LogP contribution in [0, 0.1) is 0 Å².